The Labute approximate surface area is 88.9 Å². The van der Waals surface area contributed by atoms with Crippen molar-refractivity contribution in [2.24, 2.45) is 0 Å². The summed E-state index contributed by atoms with van der Waals surface area (Å²) in [5, 5.41) is 19.9. The molecule has 0 fully saturated rings. The van der Waals surface area contributed by atoms with Gasteiger partial charge in [-0.25, -0.2) is 0 Å². The molecule has 0 atom stereocenters. The van der Waals surface area contributed by atoms with E-state index in [4.69, 9.17) is 14.6 Å². The highest BCUT2D eigenvalue weighted by molar-refractivity contribution is 9.10. The standard InChI is InChI=1S/C8H10BrNO4/c9-7-6(1-2-14-7)8(13)10-5(3-11)4-12/h1-2,5,11-12H,3-4H2,(H,10,13). The molecule has 6 heteroatoms. The van der Waals surface area contributed by atoms with Crippen molar-refractivity contribution in [1.82, 2.24) is 5.32 Å². The fourth-order valence-electron chi connectivity index (χ4n) is 0.868. The zero-order valence-electron chi connectivity index (χ0n) is 7.24. The van der Waals surface area contributed by atoms with Crippen molar-refractivity contribution in [2.75, 3.05) is 13.2 Å². The summed E-state index contributed by atoms with van der Waals surface area (Å²) in [6, 6.07) is 0.842. The Morgan fingerprint density at radius 1 is 1.57 bits per heavy atom. The summed E-state index contributed by atoms with van der Waals surface area (Å²) in [6.45, 7) is -0.616. The predicted molar refractivity (Wildman–Crippen MR) is 51.8 cm³/mol. The first kappa shape index (κ1) is 11.2. The normalized spacial score (nSPS) is 10.6. The van der Waals surface area contributed by atoms with Gasteiger partial charge in [0, 0.05) is 0 Å². The van der Waals surface area contributed by atoms with E-state index < -0.39 is 11.9 Å². The second-order valence-electron chi connectivity index (χ2n) is 2.64. The average molecular weight is 264 g/mol. The molecule has 1 heterocycles. The third-order valence-corrected chi connectivity index (χ3v) is 2.25. The Bertz CT molecular complexity index is 308. The van der Waals surface area contributed by atoms with Gasteiger partial charge in [0.05, 0.1) is 31.1 Å². The molecule has 0 aliphatic heterocycles. The maximum atomic E-state index is 11.4. The molecule has 0 aliphatic rings. The number of carbonyl (C=O) groups excluding carboxylic acids is 1. The van der Waals surface area contributed by atoms with Crippen molar-refractivity contribution in [1.29, 1.82) is 0 Å². The minimum Gasteiger partial charge on any atom is -0.457 e. The van der Waals surface area contributed by atoms with Crippen LogP contribution in [0.2, 0.25) is 0 Å². The minimum atomic E-state index is -0.649. The zero-order chi connectivity index (χ0) is 10.6. The van der Waals surface area contributed by atoms with E-state index in [0.717, 1.165) is 0 Å². The first-order valence-electron chi connectivity index (χ1n) is 3.94. The highest BCUT2D eigenvalue weighted by atomic mass is 79.9. The van der Waals surface area contributed by atoms with Crippen molar-refractivity contribution in [3.8, 4) is 0 Å². The lowest BCUT2D eigenvalue weighted by molar-refractivity contribution is 0.0877. The van der Waals surface area contributed by atoms with Crippen molar-refractivity contribution < 1.29 is 19.4 Å². The lowest BCUT2D eigenvalue weighted by Crippen LogP contribution is -2.40. The van der Waals surface area contributed by atoms with Gasteiger partial charge in [-0.05, 0) is 22.0 Å². The van der Waals surface area contributed by atoms with E-state index in [-0.39, 0.29) is 13.2 Å². The van der Waals surface area contributed by atoms with E-state index in [1.165, 1.54) is 12.3 Å². The number of carbonyl (C=O) groups is 1. The van der Waals surface area contributed by atoms with Crippen molar-refractivity contribution in [3.63, 3.8) is 0 Å². The number of furan rings is 1. The summed E-state index contributed by atoms with van der Waals surface area (Å²) in [5.41, 5.74) is 0.330. The number of amides is 1. The quantitative estimate of drug-likeness (QED) is 0.721. The number of aliphatic hydroxyl groups excluding tert-OH is 2. The molecular weight excluding hydrogens is 254 g/mol. The van der Waals surface area contributed by atoms with Gasteiger partial charge in [0.2, 0.25) is 0 Å². The lowest BCUT2D eigenvalue weighted by atomic mass is 10.2. The highest BCUT2D eigenvalue weighted by Crippen LogP contribution is 2.17. The van der Waals surface area contributed by atoms with Crippen molar-refractivity contribution >= 4 is 21.8 Å². The Morgan fingerprint density at radius 3 is 2.64 bits per heavy atom. The molecule has 5 nitrogen and oxygen atoms in total. The van der Waals surface area contributed by atoms with Gasteiger partial charge in [0.15, 0.2) is 4.67 Å². The van der Waals surface area contributed by atoms with Gasteiger partial charge >= 0.3 is 0 Å². The number of hydrogen-bond acceptors (Lipinski definition) is 4. The molecule has 0 unspecified atom stereocenters. The van der Waals surface area contributed by atoms with E-state index in [9.17, 15) is 4.79 Å². The molecule has 0 radical (unpaired) electrons. The van der Waals surface area contributed by atoms with Crippen LogP contribution in [-0.2, 0) is 0 Å². The maximum Gasteiger partial charge on any atom is 0.256 e. The SMILES string of the molecule is O=C(NC(CO)CO)c1ccoc1Br. The first-order chi connectivity index (χ1) is 6.69. The van der Waals surface area contributed by atoms with Gasteiger partial charge in [0.1, 0.15) is 0 Å². The monoisotopic (exact) mass is 263 g/mol. The van der Waals surface area contributed by atoms with Crippen LogP contribution in [0.25, 0.3) is 0 Å². The van der Waals surface area contributed by atoms with Gasteiger partial charge in [-0.3, -0.25) is 4.79 Å². The van der Waals surface area contributed by atoms with E-state index in [2.05, 4.69) is 21.2 Å². The van der Waals surface area contributed by atoms with Crippen molar-refractivity contribution in [2.45, 2.75) is 6.04 Å². The van der Waals surface area contributed by atoms with Gasteiger partial charge < -0.3 is 19.9 Å². The van der Waals surface area contributed by atoms with E-state index in [0.29, 0.717) is 10.2 Å². The predicted octanol–water partition coefficient (Wildman–Crippen LogP) is 0.125. The summed E-state index contributed by atoms with van der Waals surface area (Å²) in [5.74, 6) is -0.404. The number of halogens is 1. The maximum absolute atomic E-state index is 11.4. The Kier molecular flexibility index (Phi) is 4.12. The zero-order valence-corrected chi connectivity index (χ0v) is 8.82. The number of rotatable bonds is 4. The molecule has 1 amide bonds. The van der Waals surface area contributed by atoms with Crippen LogP contribution in [0, 0.1) is 0 Å². The van der Waals surface area contributed by atoms with Gasteiger partial charge in [0.25, 0.3) is 5.91 Å². The lowest BCUT2D eigenvalue weighted by Gasteiger charge is -2.12. The fourth-order valence-corrected chi connectivity index (χ4v) is 1.29. The van der Waals surface area contributed by atoms with E-state index >= 15 is 0 Å². The summed E-state index contributed by atoms with van der Waals surface area (Å²) in [7, 11) is 0. The van der Waals surface area contributed by atoms with Crippen LogP contribution in [0.15, 0.2) is 21.4 Å². The third-order valence-electron chi connectivity index (χ3n) is 1.64. The molecule has 0 spiro atoms. The number of hydrogen-bond donors (Lipinski definition) is 3. The molecule has 1 rings (SSSR count). The first-order valence-corrected chi connectivity index (χ1v) is 4.74. The van der Waals surface area contributed by atoms with E-state index in [1.54, 1.807) is 0 Å². The molecule has 1 aromatic rings. The van der Waals surface area contributed by atoms with Gasteiger partial charge in [-0.15, -0.1) is 0 Å². The largest absolute Gasteiger partial charge is 0.457 e. The second-order valence-corrected chi connectivity index (χ2v) is 3.36. The second kappa shape index (κ2) is 5.14. The molecule has 78 valence electrons. The Balaban J connectivity index is 2.63. The number of aliphatic hydroxyl groups is 2. The van der Waals surface area contributed by atoms with Crippen LogP contribution in [0.4, 0.5) is 0 Å². The topological polar surface area (TPSA) is 82.7 Å². The average Bonchev–Trinajstić information content (AvgIpc) is 2.60. The Morgan fingerprint density at radius 2 is 2.21 bits per heavy atom. The van der Waals surface area contributed by atoms with Gasteiger partial charge in [-0.2, -0.15) is 0 Å². The summed E-state index contributed by atoms with van der Waals surface area (Å²) >= 11 is 3.05. The van der Waals surface area contributed by atoms with Crippen LogP contribution in [0.3, 0.4) is 0 Å². The Hall–Kier alpha value is -0.850. The molecule has 0 saturated heterocycles. The molecule has 0 aliphatic carbocycles. The van der Waals surface area contributed by atoms with Crippen LogP contribution < -0.4 is 5.32 Å². The van der Waals surface area contributed by atoms with Crippen LogP contribution in [0.5, 0.6) is 0 Å². The van der Waals surface area contributed by atoms with Gasteiger partial charge in [-0.1, -0.05) is 0 Å². The molecule has 0 bridgehead atoms. The summed E-state index contributed by atoms with van der Waals surface area (Å²) < 4.78 is 5.19. The molecule has 3 N–H and O–H groups in total. The summed E-state index contributed by atoms with van der Waals surface area (Å²) in [4.78, 5) is 11.4. The van der Waals surface area contributed by atoms with Crippen LogP contribution >= 0.6 is 15.9 Å². The highest BCUT2D eigenvalue weighted by Gasteiger charge is 2.15. The van der Waals surface area contributed by atoms with E-state index in [1.807, 2.05) is 0 Å². The number of nitrogens with one attached hydrogen (secondary N) is 1. The smallest absolute Gasteiger partial charge is 0.256 e. The molecule has 1 aromatic heterocycles. The molecule has 0 aromatic carbocycles. The van der Waals surface area contributed by atoms with Crippen molar-refractivity contribution in [3.05, 3.63) is 22.6 Å². The minimum absolute atomic E-state index is 0.308. The summed E-state index contributed by atoms with van der Waals surface area (Å²) in [6.07, 6.45) is 1.37. The third kappa shape index (κ3) is 2.57. The fraction of sp³-hybridized carbons (Fsp3) is 0.375. The molecular formula is C8H10BrNO4. The van der Waals surface area contributed by atoms with Crippen LogP contribution in [-0.4, -0.2) is 35.4 Å². The molecule has 0 saturated carbocycles. The molecule has 14 heavy (non-hydrogen) atoms. The van der Waals surface area contributed by atoms with Crippen LogP contribution in [0.1, 0.15) is 10.4 Å².